The molecule has 0 fully saturated rings. The number of pyridine rings is 2. The van der Waals surface area contributed by atoms with E-state index < -0.39 is 41.4 Å². The smallest absolute Gasteiger partial charge is 0.343 e. The number of hydrogen-bond donors (Lipinski definition) is 5. The number of cyclic esters (lactones) is 1. The lowest BCUT2D eigenvalue weighted by atomic mass is 9.86. The summed E-state index contributed by atoms with van der Waals surface area (Å²) in [5.74, 6) is -2.72. The van der Waals surface area contributed by atoms with Crippen LogP contribution in [0, 0.1) is 5.92 Å². The number of fused-ring (bicyclic) bond motifs is 5. The van der Waals surface area contributed by atoms with E-state index in [1.54, 1.807) is 29.5 Å². The predicted molar refractivity (Wildman–Crippen MR) is 211 cm³/mol. The Bertz CT molecular complexity index is 2270. The Morgan fingerprint density at radius 1 is 1.00 bits per heavy atom. The summed E-state index contributed by atoms with van der Waals surface area (Å²) in [6, 6.07) is 16.5. The van der Waals surface area contributed by atoms with Crippen molar-refractivity contribution in [2.45, 2.75) is 77.3 Å². The maximum absolute atomic E-state index is 14.2. The Balaban J connectivity index is 1.25. The predicted octanol–water partition coefficient (Wildman–Crippen LogP) is 1.41. The van der Waals surface area contributed by atoms with Crippen LogP contribution >= 0.6 is 0 Å². The van der Waals surface area contributed by atoms with Crippen molar-refractivity contribution in [3.05, 3.63) is 98.8 Å². The van der Waals surface area contributed by atoms with E-state index in [4.69, 9.17) is 15.5 Å². The molecule has 4 heterocycles. The highest BCUT2D eigenvalue weighted by Crippen LogP contribution is 2.40. The first-order chi connectivity index (χ1) is 27.2. The lowest BCUT2D eigenvalue weighted by Crippen LogP contribution is -2.56. The van der Waals surface area contributed by atoms with E-state index in [0.29, 0.717) is 29.7 Å². The summed E-state index contributed by atoms with van der Waals surface area (Å²) in [6.07, 6.45) is 0.901. The molecule has 2 aliphatic rings. The quantitative estimate of drug-likeness (QED) is 0.0964. The first kappa shape index (κ1) is 40.7. The van der Waals surface area contributed by atoms with Crippen molar-refractivity contribution < 1.29 is 33.8 Å². The van der Waals surface area contributed by atoms with E-state index in [-0.39, 0.29) is 74.1 Å². The molecule has 0 unspecified atom stereocenters. The highest BCUT2D eigenvalue weighted by atomic mass is 16.6. The van der Waals surface area contributed by atoms with Crippen molar-refractivity contribution in [2.75, 3.05) is 26.7 Å². The molecular formula is C42H49N7O8. The minimum Gasteiger partial charge on any atom is -0.458 e. The topological polar surface area (TPSA) is 215 Å². The molecular weight excluding hydrogens is 731 g/mol. The number of hydrogen-bond acceptors (Lipinski definition) is 10. The molecule has 0 saturated heterocycles. The number of nitrogens with two attached hydrogens (primary N) is 1. The molecule has 2 aromatic heterocycles. The van der Waals surface area contributed by atoms with Crippen LogP contribution in [0.2, 0.25) is 0 Å². The van der Waals surface area contributed by atoms with Crippen molar-refractivity contribution in [3.63, 3.8) is 0 Å². The monoisotopic (exact) mass is 779 g/mol. The van der Waals surface area contributed by atoms with Crippen LogP contribution in [0.1, 0.15) is 61.4 Å². The highest BCUT2D eigenvalue weighted by molar-refractivity contribution is 5.94. The number of carbonyl (C=O) groups is 5. The van der Waals surface area contributed by atoms with Gasteiger partial charge < -0.3 is 41.0 Å². The average molecular weight is 780 g/mol. The van der Waals surface area contributed by atoms with Crippen molar-refractivity contribution in [3.8, 4) is 11.4 Å². The number of aromatic nitrogens is 2. The van der Waals surface area contributed by atoms with Gasteiger partial charge in [0.2, 0.25) is 23.6 Å². The molecule has 2 aliphatic heterocycles. The molecule has 0 saturated carbocycles. The van der Waals surface area contributed by atoms with Gasteiger partial charge in [0.15, 0.2) is 5.60 Å². The van der Waals surface area contributed by atoms with Gasteiger partial charge in [-0.1, -0.05) is 69.3 Å². The molecule has 15 nitrogen and oxygen atoms in total. The third-order valence-corrected chi connectivity index (χ3v) is 10.7. The van der Waals surface area contributed by atoms with Gasteiger partial charge in [-0.05, 0) is 48.4 Å². The van der Waals surface area contributed by atoms with Crippen LogP contribution in [-0.4, -0.2) is 87.9 Å². The minimum absolute atomic E-state index is 0.0286. The summed E-state index contributed by atoms with van der Waals surface area (Å²) in [5.41, 5.74) is 7.71. The fourth-order valence-corrected chi connectivity index (χ4v) is 7.57. The molecule has 0 spiro atoms. The Morgan fingerprint density at radius 3 is 2.42 bits per heavy atom. The Kier molecular flexibility index (Phi) is 12.2. The first-order valence-corrected chi connectivity index (χ1v) is 19.2. The SMILES string of the molecule is CC[C@@]1(O)C(=O)OCc2c1cc1n(c2=O)Cc2c-1nc1ccccc1c2CCN(C)C(=O)[C@H](CC(C)C)NC(=O)[C@H](Cc1ccccc1)NC(=O)CNC(=O)CN. The summed E-state index contributed by atoms with van der Waals surface area (Å²) in [5, 5.41) is 20.2. The highest BCUT2D eigenvalue weighted by Gasteiger charge is 2.45. The number of likely N-dealkylation sites (N-methyl/N-ethyl adjacent to an activating group) is 1. The largest absolute Gasteiger partial charge is 0.458 e. The fraction of sp³-hybridized carbons (Fsp3) is 0.405. The van der Waals surface area contributed by atoms with E-state index in [9.17, 15) is 33.9 Å². The van der Waals surface area contributed by atoms with Gasteiger partial charge in [-0.2, -0.15) is 0 Å². The van der Waals surface area contributed by atoms with E-state index in [2.05, 4.69) is 16.0 Å². The van der Waals surface area contributed by atoms with Gasteiger partial charge in [-0.3, -0.25) is 24.0 Å². The number of amides is 4. The molecule has 15 heteroatoms. The summed E-state index contributed by atoms with van der Waals surface area (Å²) in [7, 11) is 1.67. The van der Waals surface area contributed by atoms with Crippen LogP contribution in [0.4, 0.5) is 0 Å². The lowest BCUT2D eigenvalue weighted by Gasteiger charge is -2.31. The Morgan fingerprint density at radius 2 is 1.72 bits per heavy atom. The lowest BCUT2D eigenvalue weighted by molar-refractivity contribution is -0.172. The van der Waals surface area contributed by atoms with Gasteiger partial charge >= 0.3 is 5.97 Å². The standard InChI is InChI=1S/C42H49N7O8/c1-5-42(56)30-19-34-37-28(22-49(34)39(53)29(30)23-57-41(42)55)26(27-13-9-10-14-31(27)46-37)15-16-48(4)40(54)33(17-24(2)3)47-38(52)32(18-25-11-7-6-8-12-25)45-36(51)21-44-35(50)20-43/h6-14,19,24,32-33,56H,5,15-18,20-23,43H2,1-4H3,(H,44,50)(H,45,51)(H,47,52)/t32-,33-,42-/m0/s1. The number of para-hydroxylation sites is 1. The van der Waals surface area contributed by atoms with Crippen molar-refractivity contribution in [1.29, 1.82) is 0 Å². The van der Waals surface area contributed by atoms with Gasteiger partial charge in [0.05, 0.1) is 42.1 Å². The molecule has 0 radical (unpaired) electrons. The second-order valence-corrected chi connectivity index (χ2v) is 15.0. The minimum atomic E-state index is -1.95. The maximum atomic E-state index is 14.2. The molecule has 0 bridgehead atoms. The summed E-state index contributed by atoms with van der Waals surface area (Å²) in [4.78, 5) is 85.6. The van der Waals surface area contributed by atoms with Crippen LogP contribution in [0.3, 0.4) is 0 Å². The second kappa shape index (κ2) is 17.1. The zero-order chi connectivity index (χ0) is 41.0. The first-order valence-electron chi connectivity index (χ1n) is 19.2. The van der Waals surface area contributed by atoms with Crippen molar-refractivity contribution in [1.82, 2.24) is 30.4 Å². The summed E-state index contributed by atoms with van der Waals surface area (Å²) < 4.78 is 6.82. The molecule has 0 aliphatic carbocycles. The van der Waals surface area contributed by atoms with E-state index in [1.807, 2.05) is 68.4 Å². The van der Waals surface area contributed by atoms with Gasteiger partial charge in [-0.15, -0.1) is 0 Å². The molecule has 2 aromatic carbocycles. The van der Waals surface area contributed by atoms with E-state index in [0.717, 1.165) is 22.1 Å². The van der Waals surface area contributed by atoms with Crippen LogP contribution in [-0.2, 0) is 60.3 Å². The second-order valence-electron chi connectivity index (χ2n) is 15.0. The zero-order valence-corrected chi connectivity index (χ0v) is 32.6. The molecule has 57 heavy (non-hydrogen) atoms. The molecule has 3 atom stereocenters. The summed E-state index contributed by atoms with van der Waals surface area (Å²) in [6.45, 7) is 5.13. The Labute approximate surface area is 330 Å². The van der Waals surface area contributed by atoms with Crippen LogP contribution in [0.25, 0.3) is 22.3 Å². The van der Waals surface area contributed by atoms with Crippen LogP contribution in [0.5, 0.6) is 0 Å². The third kappa shape index (κ3) is 8.44. The van der Waals surface area contributed by atoms with Gasteiger partial charge in [0.25, 0.3) is 5.56 Å². The average Bonchev–Trinajstić information content (AvgIpc) is 3.57. The fourth-order valence-electron chi connectivity index (χ4n) is 7.57. The molecule has 4 amide bonds. The van der Waals surface area contributed by atoms with E-state index in [1.165, 1.54) is 0 Å². The van der Waals surface area contributed by atoms with Crippen molar-refractivity contribution in [2.24, 2.45) is 11.7 Å². The van der Waals surface area contributed by atoms with Gasteiger partial charge in [-0.25, -0.2) is 9.78 Å². The number of nitrogens with one attached hydrogen (secondary N) is 3. The van der Waals surface area contributed by atoms with Crippen LogP contribution in [0.15, 0.2) is 65.5 Å². The molecule has 300 valence electrons. The maximum Gasteiger partial charge on any atom is 0.343 e. The number of ether oxygens (including phenoxy) is 1. The van der Waals surface area contributed by atoms with Gasteiger partial charge in [0.1, 0.15) is 18.7 Å². The molecule has 6 rings (SSSR count). The normalized spacial score (nSPS) is 16.5. The number of rotatable bonds is 15. The van der Waals surface area contributed by atoms with Crippen molar-refractivity contribution >= 4 is 40.5 Å². The number of esters is 1. The zero-order valence-electron chi connectivity index (χ0n) is 32.6. The number of aliphatic hydroxyl groups is 1. The molecule has 6 N–H and O–H groups in total. The summed E-state index contributed by atoms with van der Waals surface area (Å²) >= 11 is 0. The number of benzene rings is 2. The van der Waals surface area contributed by atoms with E-state index >= 15 is 0 Å². The Hall–Kier alpha value is -5.93. The number of carbonyl (C=O) groups excluding carboxylic acids is 5. The van der Waals surface area contributed by atoms with Gasteiger partial charge in [0, 0.05) is 36.5 Å². The molecule has 4 aromatic rings. The number of nitrogens with zero attached hydrogens (tertiary/aromatic N) is 3. The van der Waals surface area contributed by atoms with Crippen LogP contribution < -0.4 is 27.2 Å². The third-order valence-electron chi connectivity index (χ3n) is 10.7.